The van der Waals surface area contributed by atoms with Crippen LogP contribution < -0.4 is 5.32 Å². The van der Waals surface area contributed by atoms with Crippen LogP contribution in [0, 0.1) is 10.6 Å². The number of furan rings is 1. The minimum absolute atomic E-state index is 0.127. The van der Waals surface area contributed by atoms with Gasteiger partial charge in [-0.05, 0) is 50.6 Å². The Morgan fingerprint density at radius 3 is 2.88 bits per heavy atom. The van der Waals surface area contributed by atoms with Gasteiger partial charge in [-0.1, -0.05) is 0 Å². The topological polar surface area (TPSA) is 77.1 Å². The van der Waals surface area contributed by atoms with Crippen molar-refractivity contribution in [1.82, 2.24) is 20.2 Å². The van der Waals surface area contributed by atoms with Crippen molar-refractivity contribution in [2.75, 3.05) is 20.6 Å². The van der Waals surface area contributed by atoms with E-state index in [-0.39, 0.29) is 17.5 Å². The minimum atomic E-state index is -0.506. The summed E-state index contributed by atoms with van der Waals surface area (Å²) >= 11 is 5.01. The Kier molecular flexibility index (Phi) is 4.50. The molecule has 0 fully saturated rings. The van der Waals surface area contributed by atoms with E-state index in [1.165, 1.54) is 12.1 Å². The SMILES string of the molecule is CN(C)C(CNC(=O)c1cc(F)cc2[nH]c(=S)[nH]c12)c1ccco1. The highest BCUT2D eigenvalue weighted by molar-refractivity contribution is 7.71. The highest BCUT2D eigenvalue weighted by atomic mass is 32.1. The van der Waals surface area contributed by atoms with Crippen LogP contribution in [-0.4, -0.2) is 41.4 Å². The summed E-state index contributed by atoms with van der Waals surface area (Å²) in [4.78, 5) is 20.1. The number of hydrogen-bond donors (Lipinski definition) is 3. The number of carbonyl (C=O) groups excluding carboxylic acids is 1. The summed E-state index contributed by atoms with van der Waals surface area (Å²) in [7, 11) is 3.78. The van der Waals surface area contributed by atoms with Gasteiger partial charge in [0.2, 0.25) is 0 Å². The van der Waals surface area contributed by atoms with Crippen LogP contribution in [0.5, 0.6) is 0 Å². The molecule has 3 N–H and O–H groups in total. The first-order valence-electron chi connectivity index (χ1n) is 7.35. The quantitative estimate of drug-likeness (QED) is 0.620. The van der Waals surface area contributed by atoms with Gasteiger partial charge in [-0.25, -0.2) is 4.39 Å². The van der Waals surface area contributed by atoms with Crippen molar-refractivity contribution >= 4 is 29.2 Å². The van der Waals surface area contributed by atoms with Crippen molar-refractivity contribution in [3.63, 3.8) is 0 Å². The maximum Gasteiger partial charge on any atom is 0.253 e. The Balaban J connectivity index is 1.83. The molecule has 8 heteroatoms. The molecule has 3 aromatic rings. The third kappa shape index (κ3) is 3.24. The zero-order valence-corrected chi connectivity index (χ0v) is 14.0. The molecule has 0 bridgehead atoms. The molecular formula is C16H17FN4O2S. The number of hydrogen-bond acceptors (Lipinski definition) is 4. The van der Waals surface area contributed by atoms with Crippen molar-refractivity contribution in [2.24, 2.45) is 0 Å². The predicted molar refractivity (Wildman–Crippen MR) is 90.9 cm³/mol. The van der Waals surface area contributed by atoms with Gasteiger partial charge in [-0.15, -0.1) is 0 Å². The molecule has 0 aliphatic heterocycles. The van der Waals surface area contributed by atoms with E-state index in [2.05, 4.69) is 15.3 Å². The molecular weight excluding hydrogens is 331 g/mol. The predicted octanol–water partition coefficient (Wildman–Crippen LogP) is 2.99. The normalized spacial score (nSPS) is 12.7. The number of likely N-dealkylation sites (N-methyl/N-ethyl adjacent to an activating group) is 1. The third-order valence-corrected chi connectivity index (χ3v) is 3.99. The number of amides is 1. The smallest absolute Gasteiger partial charge is 0.253 e. The molecule has 0 saturated heterocycles. The van der Waals surface area contributed by atoms with Gasteiger partial charge in [-0.3, -0.25) is 9.69 Å². The number of carbonyl (C=O) groups is 1. The van der Waals surface area contributed by atoms with Crippen LogP contribution >= 0.6 is 12.2 Å². The van der Waals surface area contributed by atoms with Gasteiger partial charge in [-0.2, -0.15) is 0 Å². The van der Waals surface area contributed by atoms with Crippen LogP contribution in [0.25, 0.3) is 11.0 Å². The van der Waals surface area contributed by atoms with Crippen molar-refractivity contribution < 1.29 is 13.6 Å². The first kappa shape index (κ1) is 16.4. The number of benzene rings is 1. The second kappa shape index (κ2) is 6.58. The lowest BCUT2D eigenvalue weighted by Gasteiger charge is -2.22. The summed E-state index contributed by atoms with van der Waals surface area (Å²) in [6.45, 7) is 0.322. The van der Waals surface area contributed by atoms with Crippen LogP contribution in [0.2, 0.25) is 0 Å². The summed E-state index contributed by atoms with van der Waals surface area (Å²) in [5, 5.41) is 2.82. The molecule has 0 aliphatic carbocycles. The maximum absolute atomic E-state index is 13.7. The summed E-state index contributed by atoms with van der Waals surface area (Å²) in [6, 6.07) is 6.00. The summed E-state index contributed by atoms with van der Waals surface area (Å²) in [5.41, 5.74) is 1.15. The van der Waals surface area contributed by atoms with Crippen molar-refractivity contribution in [3.05, 3.63) is 52.4 Å². The van der Waals surface area contributed by atoms with Crippen LogP contribution in [0.4, 0.5) is 4.39 Å². The lowest BCUT2D eigenvalue weighted by atomic mass is 10.1. The molecule has 6 nitrogen and oxygen atoms in total. The number of aromatic amines is 2. The zero-order valence-electron chi connectivity index (χ0n) is 13.2. The molecule has 126 valence electrons. The summed E-state index contributed by atoms with van der Waals surface area (Å²) < 4.78 is 19.5. The number of nitrogens with one attached hydrogen (secondary N) is 3. The van der Waals surface area contributed by atoms with Gasteiger partial charge in [0.1, 0.15) is 11.6 Å². The monoisotopic (exact) mass is 348 g/mol. The molecule has 1 atom stereocenters. The molecule has 1 aromatic carbocycles. The van der Waals surface area contributed by atoms with Gasteiger partial charge in [0.25, 0.3) is 5.91 Å². The first-order valence-corrected chi connectivity index (χ1v) is 7.76. The number of aromatic nitrogens is 2. The van der Waals surface area contributed by atoms with Crippen LogP contribution in [0.3, 0.4) is 0 Å². The van der Waals surface area contributed by atoms with Crippen LogP contribution in [0.1, 0.15) is 22.2 Å². The standard InChI is InChI=1S/C16H17FN4O2S/c1-21(2)12(13-4-3-5-23-13)8-18-15(22)10-6-9(17)7-11-14(10)20-16(24)19-11/h3-7,12H,8H2,1-2H3,(H,18,22)(H2,19,20,24). The van der Waals surface area contributed by atoms with Crippen LogP contribution in [0.15, 0.2) is 34.9 Å². The van der Waals surface area contributed by atoms with Crippen molar-refractivity contribution in [3.8, 4) is 0 Å². The van der Waals surface area contributed by atoms with E-state index in [0.717, 1.165) is 5.76 Å². The molecule has 2 aromatic heterocycles. The number of nitrogens with zero attached hydrogens (tertiary/aromatic N) is 1. The van der Waals surface area contributed by atoms with Gasteiger partial charge in [0.15, 0.2) is 4.77 Å². The van der Waals surface area contributed by atoms with Crippen LogP contribution in [-0.2, 0) is 0 Å². The van der Waals surface area contributed by atoms with Gasteiger partial charge in [0.05, 0.1) is 28.9 Å². The number of halogens is 1. The molecule has 1 amide bonds. The zero-order chi connectivity index (χ0) is 17.3. The Morgan fingerprint density at radius 1 is 1.42 bits per heavy atom. The Hall–Kier alpha value is -2.45. The number of fused-ring (bicyclic) bond motifs is 1. The molecule has 1 unspecified atom stereocenters. The molecule has 3 rings (SSSR count). The average molecular weight is 348 g/mol. The summed E-state index contributed by atoms with van der Waals surface area (Å²) in [5.74, 6) is -0.151. The van der Waals surface area contributed by atoms with E-state index in [9.17, 15) is 9.18 Å². The van der Waals surface area contributed by atoms with Gasteiger partial charge >= 0.3 is 0 Å². The van der Waals surface area contributed by atoms with E-state index in [0.29, 0.717) is 22.3 Å². The van der Waals surface area contributed by atoms with E-state index in [4.69, 9.17) is 16.6 Å². The third-order valence-electron chi connectivity index (χ3n) is 3.79. The van der Waals surface area contributed by atoms with Gasteiger partial charge in [0, 0.05) is 6.54 Å². The van der Waals surface area contributed by atoms with Gasteiger partial charge < -0.3 is 19.7 Å². The van der Waals surface area contributed by atoms with Crippen molar-refractivity contribution in [1.29, 1.82) is 0 Å². The highest BCUT2D eigenvalue weighted by Gasteiger charge is 2.20. The lowest BCUT2D eigenvalue weighted by Crippen LogP contribution is -2.34. The molecule has 0 aliphatic rings. The van der Waals surface area contributed by atoms with E-state index >= 15 is 0 Å². The average Bonchev–Trinajstić information content (AvgIpc) is 3.14. The fourth-order valence-corrected chi connectivity index (χ4v) is 2.80. The minimum Gasteiger partial charge on any atom is -0.468 e. The first-order chi connectivity index (χ1) is 11.5. The van der Waals surface area contributed by atoms with E-state index in [1.54, 1.807) is 12.3 Å². The molecule has 0 saturated carbocycles. The maximum atomic E-state index is 13.7. The second-order valence-corrected chi connectivity index (χ2v) is 6.07. The molecule has 24 heavy (non-hydrogen) atoms. The molecule has 2 heterocycles. The van der Waals surface area contributed by atoms with E-state index in [1.807, 2.05) is 25.1 Å². The van der Waals surface area contributed by atoms with E-state index < -0.39 is 5.82 Å². The fourth-order valence-electron chi connectivity index (χ4n) is 2.59. The Morgan fingerprint density at radius 2 is 2.21 bits per heavy atom. The number of H-pyrrole nitrogens is 2. The largest absolute Gasteiger partial charge is 0.468 e. The number of rotatable bonds is 5. The number of imidazole rings is 1. The molecule has 0 spiro atoms. The second-order valence-electron chi connectivity index (χ2n) is 5.66. The molecule has 0 radical (unpaired) electrons. The Labute approximate surface area is 142 Å². The van der Waals surface area contributed by atoms with Crippen molar-refractivity contribution in [2.45, 2.75) is 6.04 Å². The lowest BCUT2D eigenvalue weighted by molar-refractivity contribution is 0.0940. The highest BCUT2D eigenvalue weighted by Crippen LogP contribution is 2.20. The fraction of sp³-hybridized carbons (Fsp3) is 0.250. The Bertz CT molecular complexity index is 914. The summed E-state index contributed by atoms with van der Waals surface area (Å²) in [6.07, 6.45) is 1.59.